The van der Waals surface area contributed by atoms with Gasteiger partial charge in [0.15, 0.2) is 0 Å². The number of likely N-dealkylation sites (tertiary alicyclic amines) is 1. The summed E-state index contributed by atoms with van der Waals surface area (Å²) in [6.07, 6.45) is 3.73. The zero-order valence-corrected chi connectivity index (χ0v) is 13.0. The molecule has 0 aromatic heterocycles. The number of nitrogens with zero attached hydrogens (tertiary/aromatic N) is 2. The second-order valence-electron chi connectivity index (χ2n) is 4.91. The number of unbranched alkanes of at least 4 members (excludes halogenated alkanes) is 1. The third-order valence-corrected chi connectivity index (χ3v) is 2.30. The molecule has 0 saturated carbocycles. The van der Waals surface area contributed by atoms with Crippen molar-refractivity contribution in [3.8, 4) is 0 Å². The Morgan fingerprint density at radius 1 is 1.39 bits per heavy atom. The third-order valence-electron chi connectivity index (χ3n) is 2.30. The standard InChI is InChI=1S/C7H14N2O.C4H10.C2H8N2/c1-6(10)8-7-3-4-9(2)5-7;1-3-4-2;1-4(2)3/h7H,3-5H2,1-2H3,(H,8,10);3-4H2,1-2H3;3H2,1-2H3. The van der Waals surface area contributed by atoms with Crippen molar-refractivity contribution in [3.05, 3.63) is 0 Å². The van der Waals surface area contributed by atoms with Gasteiger partial charge in [0.05, 0.1) is 0 Å². The van der Waals surface area contributed by atoms with Crippen LogP contribution in [0.3, 0.4) is 0 Å². The predicted octanol–water partition coefficient (Wildman–Crippen LogP) is 1.05. The average Bonchev–Trinajstić information content (AvgIpc) is 2.62. The van der Waals surface area contributed by atoms with Crippen LogP contribution in [0.4, 0.5) is 0 Å². The van der Waals surface area contributed by atoms with Crippen LogP contribution in [0.2, 0.25) is 0 Å². The number of carbonyl (C=O) groups is 1. The largest absolute Gasteiger partial charge is 0.352 e. The highest BCUT2D eigenvalue weighted by molar-refractivity contribution is 5.73. The van der Waals surface area contributed by atoms with Crippen molar-refractivity contribution in [3.63, 3.8) is 0 Å². The minimum atomic E-state index is 0.0836. The first-order chi connectivity index (χ1) is 8.33. The van der Waals surface area contributed by atoms with E-state index >= 15 is 0 Å². The lowest BCUT2D eigenvalue weighted by Gasteiger charge is -2.10. The van der Waals surface area contributed by atoms with Gasteiger partial charge in [-0.3, -0.25) is 15.6 Å². The molecule has 0 radical (unpaired) electrons. The fraction of sp³-hybridized carbons (Fsp3) is 0.923. The van der Waals surface area contributed by atoms with Gasteiger partial charge in [-0.05, 0) is 20.0 Å². The molecule has 3 N–H and O–H groups in total. The Kier molecular flexibility index (Phi) is 14.0. The number of nitrogens with two attached hydrogens (primary N) is 1. The molecule has 5 heteroatoms. The van der Waals surface area contributed by atoms with Gasteiger partial charge in [-0.25, -0.2) is 0 Å². The van der Waals surface area contributed by atoms with Crippen molar-refractivity contribution in [2.75, 3.05) is 34.2 Å². The van der Waals surface area contributed by atoms with Crippen molar-refractivity contribution < 1.29 is 4.79 Å². The summed E-state index contributed by atoms with van der Waals surface area (Å²) in [5, 5.41) is 4.39. The zero-order chi connectivity index (χ0) is 14.6. The second kappa shape index (κ2) is 12.8. The highest BCUT2D eigenvalue weighted by Gasteiger charge is 2.19. The number of carbonyl (C=O) groups excluding carboxylic acids is 1. The summed E-state index contributed by atoms with van der Waals surface area (Å²) in [5.41, 5.74) is 0. The number of hydrogen-bond donors (Lipinski definition) is 2. The lowest BCUT2D eigenvalue weighted by atomic mass is 10.3. The van der Waals surface area contributed by atoms with Crippen LogP contribution in [-0.4, -0.2) is 56.1 Å². The average molecular weight is 260 g/mol. The Balaban J connectivity index is 0. The van der Waals surface area contributed by atoms with Crippen LogP contribution >= 0.6 is 0 Å². The molecular formula is C13H32N4O. The molecule has 5 nitrogen and oxygen atoms in total. The van der Waals surface area contributed by atoms with Gasteiger partial charge in [-0.2, -0.15) is 0 Å². The first-order valence-electron chi connectivity index (χ1n) is 6.71. The van der Waals surface area contributed by atoms with Crippen LogP contribution in [0.15, 0.2) is 0 Å². The van der Waals surface area contributed by atoms with Gasteiger partial charge in [0.1, 0.15) is 0 Å². The Hall–Kier alpha value is -0.650. The second-order valence-corrected chi connectivity index (χ2v) is 4.91. The van der Waals surface area contributed by atoms with Gasteiger partial charge in [-0.1, -0.05) is 26.7 Å². The Morgan fingerprint density at radius 2 is 1.83 bits per heavy atom. The molecule has 0 bridgehead atoms. The maximum atomic E-state index is 10.6. The number of likely N-dealkylation sites (N-methyl/N-ethyl adjacent to an activating group) is 1. The smallest absolute Gasteiger partial charge is 0.217 e. The van der Waals surface area contributed by atoms with Gasteiger partial charge in [-0.15, -0.1) is 0 Å². The summed E-state index contributed by atoms with van der Waals surface area (Å²) in [5.74, 6) is 5.03. The first-order valence-corrected chi connectivity index (χ1v) is 6.71. The van der Waals surface area contributed by atoms with Gasteiger partial charge in [0, 0.05) is 33.6 Å². The van der Waals surface area contributed by atoms with E-state index in [2.05, 4.69) is 31.1 Å². The highest BCUT2D eigenvalue weighted by atomic mass is 16.1. The number of hydrogen-bond acceptors (Lipinski definition) is 4. The van der Waals surface area contributed by atoms with Crippen LogP contribution in [-0.2, 0) is 4.79 Å². The molecule has 1 heterocycles. The van der Waals surface area contributed by atoms with Gasteiger partial charge in [0.2, 0.25) is 5.91 Å². The van der Waals surface area contributed by atoms with Gasteiger partial charge in [0.25, 0.3) is 0 Å². The van der Waals surface area contributed by atoms with Crippen molar-refractivity contribution >= 4 is 5.91 Å². The van der Waals surface area contributed by atoms with E-state index in [9.17, 15) is 4.79 Å². The molecule has 1 aliphatic rings. The minimum Gasteiger partial charge on any atom is -0.352 e. The topological polar surface area (TPSA) is 61.6 Å². The summed E-state index contributed by atoms with van der Waals surface area (Å²) in [6.45, 7) is 8.03. The summed E-state index contributed by atoms with van der Waals surface area (Å²) < 4.78 is 0. The molecule has 18 heavy (non-hydrogen) atoms. The molecule has 1 unspecified atom stereocenters. The fourth-order valence-electron chi connectivity index (χ4n) is 1.34. The van der Waals surface area contributed by atoms with Crippen LogP contribution in [0.1, 0.15) is 40.0 Å². The molecule has 1 fully saturated rings. The summed E-state index contributed by atoms with van der Waals surface area (Å²) in [7, 11) is 5.63. The lowest BCUT2D eigenvalue weighted by molar-refractivity contribution is -0.119. The Labute approximate surface area is 113 Å². The normalized spacial score (nSPS) is 18.6. The third kappa shape index (κ3) is 17.7. The first kappa shape index (κ1) is 19.7. The maximum absolute atomic E-state index is 10.6. The van der Waals surface area contributed by atoms with E-state index in [1.165, 1.54) is 17.9 Å². The van der Waals surface area contributed by atoms with E-state index < -0.39 is 0 Å². The summed E-state index contributed by atoms with van der Waals surface area (Å²) in [4.78, 5) is 12.8. The number of hydrazine groups is 1. The van der Waals surface area contributed by atoms with Gasteiger partial charge < -0.3 is 10.2 Å². The highest BCUT2D eigenvalue weighted by Crippen LogP contribution is 2.05. The molecule has 1 amide bonds. The predicted molar refractivity (Wildman–Crippen MR) is 78.2 cm³/mol. The van der Waals surface area contributed by atoms with Crippen LogP contribution < -0.4 is 11.2 Å². The lowest BCUT2D eigenvalue weighted by Crippen LogP contribution is -2.34. The molecule has 0 spiro atoms. The van der Waals surface area contributed by atoms with E-state index in [1.807, 2.05) is 0 Å². The van der Waals surface area contributed by atoms with E-state index in [4.69, 9.17) is 5.84 Å². The molecule has 110 valence electrons. The van der Waals surface area contributed by atoms with Crippen LogP contribution in [0, 0.1) is 0 Å². The number of rotatable bonds is 2. The minimum absolute atomic E-state index is 0.0836. The van der Waals surface area contributed by atoms with Crippen molar-refractivity contribution in [1.82, 2.24) is 15.2 Å². The molecule has 0 aromatic rings. The summed E-state index contributed by atoms with van der Waals surface area (Å²) >= 11 is 0. The maximum Gasteiger partial charge on any atom is 0.217 e. The molecule has 1 atom stereocenters. The number of nitrogens with one attached hydrogen (secondary N) is 1. The van der Waals surface area contributed by atoms with Crippen molar-refractivity contribution in [2.24, 2.45) is 5.84 Å². The Bertz CT molecular complexity index is 193. The van der Waals surface area contributed by atoms with Gasteiger partial charge >= 0.3 is 0 Å². The van der Waals surface area contributed by atoms with Crippen molar-refractivity contribution in [1.29, 1.82) is 0 Å². The fourth-order valence-corrected chi connectivity index (χ4v) is 1.34. The molecule has 0 aliphatic carbocycles. The molecule has 1 saturated heterocycles. The van der Waals surface area contributed by atoms with Crippen molar-refractivity contribution in [2.45, 2.75) is 46.1 Å². The van der Waals surface area contributed by atoms with E-state index in [0.29, 0.717) is 6.04 Å². The van der Waals surface area contributed by atoms with E-state index in [0.717, 1.165) is 19.5 Å². The molecule has 0 aromatic carbocycles. The Morgan fingerprint density at radius 3 is 2.06 bits per heavy atom. The molecule has 1 aliphatic heterocycles. The van der Waals surface area contributed by atoms with Crippen LogP contribution in [0.5, 0.6) is 0 Å². The number of amides is 1. The van der Waals surface area contributed by atoms with E-state index in [1.54, 1.807) is 21.0 Å². The molecular weight excluding hydrogens is 228 g/mol. The monoisotopic (exact) mass is 260 g/mol. The zero-order valence-electron chi connectivity index (χ0n) is 13.0. The van der Waals surface area contributed by atoms with E-state index in [-0.39, 0.29) is 5.91 Å². The van der Waals surface area contributed by atoms with Crippen LogP contribution in [0.25, 0.3) is 0 Å². The molecule has 1 rings (SSSR count). The quantitative estimate of drug-likeness (QED) is 0.575. The SMILES string of the molecule is CC(=O)NC1CCN(C)C1.CCCC.CN(C)N. The summed E-state index contributed by atoms with van der Waals surface area (Å²) in [6, 6.07) is 0.391.